The lowest BCUT2D eigenvalue weighted by molar-refractivity contribution is 0.0507. The molecule has 3 heterocycles. The van der Waals surface area contributed by atoms with E-state index in [4.69, 9.17) is 4.74 Å². The molecule has 3 amide bonds. The molecular formula is C25H34N6O4S. The van der Waals surface area contributed by atoms with Crippen LogP contribution in [0.15, 0.2) is 23.2 Å². The highest BCUT2D eigenvalue weighted by Gasteiger charge is 2.26. The van der Waals surface area contributed by atoms with E-state index < -0.39 is 5.97 Å². The van der Waals surface area contributed by atoms with E-state index in [1.807, 2.05) is 4.90 Å². The van der Waals surface area contributed by atoms with E-state index in [1.165, 1.54) is 34.3 Å². The standard InChI is InChI=1S/C25H34N6O4S/c1-3-35-24(33)21-28-20(15-30(21)2)29-22(32)19-16-36-23(27-19)18-10-13-31(14-11-18)25(34)26-12-9-17-7-5-4-6-8-17/h7,15-16,18H,3-6,8-14H2,1-2H3,(H,26,34)(H,29,32). The maximum atomic E-state index is 12.7. The summed E-state index contributed by atoms with van der Waals surface area (Å²) in [6.45, 7) is 4.00. The van der Waals surface area contributed by atoms with Gasteiger partial charge in [0.25, 0.3) is 5.91 Å². The van der Waals surface area contributed by atoms with Gasteiger partial charge in [-0.25, -0.2) is 19.6 Å². The number of carbonyl (C=O) groups is 3. The third kappa shape index (κ3) is 6.51. The second-order valence-corrected chi connectivity index (χ2v) is 10.0. The summed E-state index contributed by atoms with van der Waals surface area (Å²) in [6, 6.07) is 0.00149. The van der Waals surface area contributed by atoms with Crippen molar-refractivity contribution in [2.24, 2.45) is 7.05 Å². The lowest BCUT2D eigenvalue weighted by Crippen LogP contribution is -2.44. The molecule has 0 aromatic carbocycles. The highest BCUT2D eigenvalue weighted by Crippen LogP contribution is 2.30. The van der Waals surface area contributed by atoms with Crippen LogP contribution >= 0.6 is 11.3 Å². The summed E-state index contributed by atoms with van der Waals surface area (Å²) in [7, 11) is 1.66. The largest absolute Gasteiger partial charge is 0.460 e. The topological polar surface area (TPSA) is 118 Å². The van der Waals surface area contributed by atoms with Crippen LogP contribution in [-0.4, -0.2) is 63.6 Å². The average Bonchev–Trinajstić information content (AvgIpc) is 3.52. The molecule has 10 nitrogen and oxygen atoms in total. The number of hydrogen-bond donors (Lipinski definition) is 2. The third-order valence-corrected chi connectivity index (χ3v) is 7.58. The summed E-state index contributed by atoms with van der Waals surface area (Å²) < 4.78 is 6.48. The Morgan fingerprint density at radius 2 is 2.00 bits per heavy atom. The van der Waals surface area contributed by atoms with Crippen molar-refractivity contribution in [2.45, 2.75) is 57.8 Å². The molecule has 4 rings (SSSR count). The molecule has 0 bridgehead atoms. The van der Waals surface area contributed by atoms with E-state index in [0.717, 1.165) is 37.1 Å². The van der Waals surface area contributed by atoms with Crippen LogP contribution in [0.4, 0.5) is 10.6 Å². The maximum absolute atomic E-state index is 12.7. The Balaban J connectivity index is 1.24. The van der Waals surface area contributed by atoms with Gasteiger partial charge in [-0.3, -0.25) is 4.79 Å². The SMILES string of the molecule is CCOC(=O)c1nc(NC(=O)c2csc(C3CCN(C(=O)NCCC4=CCCCC4)CC3)n2)cn1C. The number of imidazole rings is 1. The van der Waals surface area contributed by atoms with Crippen molar-refractivity contribution in [3.05, 3.63) is 39.8 Å². The molecule has 0 spiro atoms. The highest BCUT2D eigenvalue weighted by molar-refractivity contribution is 7.10. The van der Waals surface area contributed by atoms with Gasteiger partial charge in [0.2, 0.25) is 5.82 Å². The number of nitrogens with one attached hydrogen (secondary N) is 2. The van der Waals surface area contributed by atoms with E-state index in [2.05, 4.69) is 26.7 Å². The summed E-state index contributed by atoms with van der Waals surface area (Å²) in [5.41, 5.74) is 1.78. The second-order valence-electron chi connectivity index (χ2n) is 9.16. The smallest absolute Gasteiger partial charge is 0.374 e. The van der Waals surface area contributed by atoms with Crippen LogP contribution in [0.1, 0.15) is 83.9 Å². The zero-order valence-corrected chi connectivity index (χ0v) is 21.7. The van der Waals surface area contributed by atoms with Crippen LogP contribution in [0.25, 0.3) is 0 Å². The number of allylic oxidation sites excluding steroid dienone is 1. The van der Waals surface area contributed by atoms with Crippen molar-refractivity contribution >= 4 is 35.1 Å². The minimum absolute atomic E-state index is 0.00149. The number of ether oxygens (including phenoxy) is 1. The number of piperidine rings is 1. The first-order valence-corrected chi connectivity index (χ1v) is 13.5. The summed E-state index contributed by atoms with van der Waals surface area (Å²) in [4.78, 5) is 47.7. The van der Waals surface area contributed by atoms with Gasteiger partial charge in [0.05, 0.1) is 11.6 Å². The van der Waals surface area contributed by atoms with Crippen LogP contribution in [-0.2, 0) is 11.8 Å². The molecule has 2 N–H and O–H groups in total. The van der Waals surface area contributed by atoms with Crippen molar-refractivity contribution < 1.29 is 19.1 Å². The number of esters is 1. The fraction of sp³-hybridized carbons (Fsp3) is 0.560. The summed E-state index contributed by atoms with van der Waals surface area (Å²) in [6.07, 6.45) is 11.3. The summed E-state index contributed by atoms with van der Waals surface area (Å²) in [5, 5.41) is 8.39. The van der Waals surface area contributed by atoms with Gasteiger partial charge in [-0.15, -0.1) is 11.3 Å². The second kappa shape index (κ2) is 12.2. The molecule has 1 aliphatic carbocycles. The van der Waals surface area contributed by atoms with E-state index in [0.29, 0.717) is 25.3 Å². The number of hydrogen-bond acceptors (Lipinski definition) is 7. The van der Waals surface area contributed by atoms with Crippen molar-refractivity contribution in [3.8, 4) is 0 Å². The number of urea groups is 1. The van der Waals surface area contributed by atoms with Crippen LogP contribution in [0.2, 0.25) is 0 Å². The number of amides is 3. The number of carbonyl (C=O) groups excluding carboxylic acids is 3. The predicted octanol–water partition coefficient (Wildman–Crippen LogP) is 4.09. The Labute approximate surface area is 215 Å². The molecule has 0 atom stereocenters. The molecule has 2 aromatic rings. The molecule has 1 fully saturated rings. The number of thiazole rings is 1. The van der Waals surface area contributed by atoms with E-state index in [9.17, 15) is 14.4 Å². The quantitative estimate of drug-likeness (QED) is 0.405. The zero-order valence-electron chi connectivity index (χ0n) is 20.9. The van der Waals surface area contributed by atoms with Gasteiger partial charge >= 0.3 is 12.0 Å². The van der Waals surface area contributed by atoms with Gasteiger partial charge in [-0.1, -0.05) is 11.6 Å². The molecule has 0 radical (unpaired) electrons. The van der Waals surface area contributed by atoms with Crippen LogP contribution in [0.3, 0.4) is 0 Å². The average molecular weight is 515 g/mol. The van der Waals surface area contributed by atoms with Crippen LogP contribution < -0.4 is 10.6 Å². The minimum atomic E-state index is -0.543. The molecular weight excluding hydrogens is 480 g/mol. The Kier molecular flexibility index (Phi) is 8.74. The lowest BCUT2D eigenvalue weighted by atomic mass is 9.97. The molecule has 0 unspecified atom stereocenters. The Hall–Kier alpha value is -3.21. The molecule has 0 saturated carbocycles. The normalized spacial score (nSPS) is 16.4. The van der Waals surface area contributed by atoms with Crippen molar-refractivity contribution in [3.63, 3.8) is 0 Å². The number of likely N-dealkylation sites (tertiary alicyclic amines) is 1. The van der Waals surface area contributed by atoms with Crippen molar-refractivity contribution in [1.82, 2.24) is 24.8 Å². The molecule has 2 aliphatic rings. The summed E-state index contributed by atoms with van der Waals surface area (Å²) >= 11 is 1.46. The van der Waals surface area contributed by atoms with Gasteiger partial charge in [-0.05, 0) is 51.9 Å². The minimum Gasteiger partial charge on any atom is -0.460 e. The first-order valence-electron chi connectivity index (χ1n) is 12.6. The maximum Gasteiger partial charge on any atom is 0.374 e. The third-order valence-electron chi connectivity index (χ3n) is 6.57. The van der Waals surface area contributed by atoms with Gasteiger partial charge in [-0.2, -0.15) is 0 Å². The van der Waals surface area contributed by atoms with Gasteiger partial charge < -0.3 is 24.8 Å². The molecule has 2 aromatic heterocycles. The van der Waals surface area contributed by atoms with E-state index in [1.54, 1.807) is 25.5 Å². The van der Waals surface area contributed by atoms with E-state index in [-0.39, 0.29) is 36.1 Å². The van der Waals surface area contributed by atoms with Gasteiger partial charge in [0.1, 0.15) is 5.69 Å². The number of aryl methyl sites for hydroxylation is 1. The zero-order chi connectivity index (χ0) is 25.5. The Morgan fingerprint density at radius 3 is 2.72 bits per heavy atom. The number of rotatable bonds is 8. The number of anilines is 1. The molecule has 1 saturated heterocycles. The number of nitrogens with zero attached hydrogens (tertiary/aromatic N) is 4. The van der Waals surface area contributed by atoms with Crippen LogP contribution in [0, 0.1) is 0 Å². The molecule has 36 heavy (non-hydrogen) atoms. The predicted molar refractivity (Wildman–Crippen MR) is 137 cm³/mol. The van der Waals surface area contributed by atoms with Gasteiger partial charge in [0, 0.05) is 44.2 Å². The molecule has 11 heteroatoms. The lowest BCUT2D eigenvalue weighted by Gasteiger charge is -2.31. The van der Waals surface area contributed by atoms with Crippen LogP contribution in [0.5, 0.6) is 0 Å². The number of aromatic nitrogens is 3. The fourth-order valence-corrected chi connectivity index (χ4v) is 5.55. The summed E-state index contributed by atoms with van der Waals surface area (Å²) in [5.74, 6) is -0.320. The van der Waals surface area contributed by atoms with E-state index >= 15 is 0 Å². The molecule has 1 aliphatic heterocycles. The monoisotopic (exact) mass is 514 g/mol. The highest BCUT2D eigenvalue weighted by atomic mass is 32.1. The Morgan fingerprint density at radius 1 is 1.19 bits per heavy atom. The Bertz CT molecular complexity index is 1120. The van der Waals surface area contributed by atoms with Crippen molar-refractivity contribution in [2.75, 3.05) is 31.6 Å². The first-order chi connectivity index (χ1) is 17.4. The molecule has 194 valence electrons. The first kappa shape index (κ1) is 25.9. The van der Waals surface area contributed by atoms with Crippen molar-refractivity contribution in [1.29, 1.82) is 0 Å². The van der Waals surface area contributed by atoms with Gasteiger partial charge in [0.15, 0.2) is 5.82 Å². The fourth-order valence-electron chi connectivity index (χ4n) is 4.57.